The summed E-state index contributed by atoms with van der Waals surface area (Å²) in [5.74, 6) is -1.25. The van der Waals surface area contributed by atoms with Gasteiger partial charge in [-0.05, 0) is 47.7 Å². The molecule has 1 aromatic carbocycles. The average molecular weight is 345 g/mol. The average Bonchev–Trinajstić information content (AvgIpc) is 3.09. The highest BCUT2D eigenvalue weighted by molar-refractivity contribution is 8.18. The first-order valence-electron chi connectivity index (χ1n) is 6.61. The van der Waals surface area contributed by atoms with Gasteiger partial charge in [-0.3, -0.25) is 14.5 Å². The zero-order chi connectivity index (χ0) is 16.6. The number of carboxylic acid groups (broad SMARTS) is 1. The molecule has 1 N–H and O–H groups in total. The van der Waals surface area contributed by atoms with Crippen molar-refractivity contribution in [1.29, 1.82) is 0 Å². The summed E-state index contributed by atoms with van der Waals surface area (Å²) in [4.78, 5) is 37.5. The molecule has 1 aromatic heterocycles. The summed E-state index contributed by atoms with van der Waals surface area (Å²) in [7, 11) is 1.46. The Hall–Kier alpha value is -2.38. The molecule has 2 amide bonds. The monoisotopic (exact) mass is 345 g/mol. The molecule has 1 saturated heterocycles. The molecule has 0 atom stereocenters. The van der Waals surface area contributed by atoms with Gasteiger partial charge in [-0.2, -0.15) is 0 Å². The second-order valence-electron chi connectivity index (χ2n) is 4.83. The fourth-order valence-corrected chi connectivity index (χ4v) is 3.89. The Labute approximate surface area is 140 Å². The molecular formula is C16H11NO4S2. The van der Waals surface area contributed by atoms with Crippen LogP contribution in [-0.2, 0) is 4.79 Å². The van der Waals surface area contributed by atoms with E-state index in [0.29, 0.717) is 4.91 Å². The minimum absolute atomic E-state index is 0.238. The van der Waals surface area contributed by atoms with Gasteiger partial charge in [-0.25, -0.2) is 4.79 Å². The molecule has 23 heavy (non-hydrogen) atoms. The van der Waals surface area contributed by atoms with Crippen LogP contribution in [0.3, 0.4) is 0 Å². The summed E-state index contributed by atoms with van der Waals surface area (Å²) in [6.07, 6.45) is 1.70. The maximum Gasteiger partial charge on any atom is 0.335 e. The molecule has 7 heteroatoms. The number of imide groups is 1. The van der Waals surface area contributed by atoms with Crippen LogP contribution in [0.5, 0.6) is 0 Å². The summed E-state index contributed by atoms with van der Waals surface area (Å²) >= 11 is 2.40. The van der Waals surface area contributed by atoms with E-state index in [1.54, 1.807) is 30.3 Å². The number of nitrogens with zero attached hydrogens (tertiary/aromatic N) is 1. The number of carbonyl (C=O) groups is 3. The molecule has 0 radical (unpaired) electrons. The van der Waals surface area contributed by atoms with Crippen LogP contribution in [0, 0.1) is 0 Å². The first-order chi connectivity index (χ1) is 11.0. The molecule has 0 aliphatic carbocycles. The van der Waals surface area contributed by atoms with Gasteiger partial charge in [-0.1, -0.05) is 12.1 Å². The lowest BCUT2D eigenvalue weighted by Crippen LogP contribution is -2.22. The van der Waals surface area contributed by atoms with Gasteiger partial charge in [0.15, 0.2) is 0 Å². The van der Waals surface area contributed by atoms with E-state index in [1.165, 1.54) is 18.4 Å². The molecule has 2 aromatic rings. The van der Waals surface area contributed by atoms with Crippen LogP contribution >= 0.6 is 23.1 Å². The van der Waals surface area contributed by atoms with Gasteiger partial charge < -0.3 is 5.11 Å². The van der Waals surface area contributed by atoms with Crippen LogP contribution < -0.4 is 0 Å². The molecule has 2 heterocycles. The van der Waals surface area contributed by atoms with E-state index in [9.17, 15) is 14.4 Å². The number of hydrogen-bond donors (Lipinski definition) is 1. The maximum atomic E-state index is 11.9. The van der Waals surface area contributed by atoms with Gasteiger partial charge in [0, 0.05) is 16.8 Å². The number of amides is 2. The summed E-state index contributed by atoms with van der Waals surface area (Å²) in [6.45, 7) is 0. The second-order valence-corrected chi connectivity index (χ2v) is 6.93. The van der Waals surface area contributed by atoms with Crippen molar-refractivity contribution in [3.63, 3.8) is 0 Å². The Kier molecular flexibility index (Phi) is 4.06. The fraction of sp³-hybridized carbons (Fsp3) is 0.0625. The Morgan fingerprint density at radius 2 is 1.83 bits per heavy atom. The normalized spacial score (nSPS) is 16.4. The van der Waals surface area contributed by atoms with Gasteiger partial charge in [-0.15, -0.1) is 11.3 Å². The van der Waals surface area contributed by atoms with Crippen LogP contribution in [0.4, 0.5) is 4.79 Å². The summed E-state index contributed by atoms with van der Waals surface area (Å²) in [5, 5.41) is 8.63. The minimum Gasteiger partial charge on any atom is -0.478 e. The van der Waals surface area contributed by atoms with Gasteiger partial charge in [0.25, 0.3) is 11.1 Å². The van der Waals surface area contributed by atoms with E-state index in [2.05, 4.69) is 0 Å². The number of thioether (sulfide) groups is 1. The molecule has 1 aliphatic heterocycles. The number of carboxylic acids is 1. The molecular weight excluding hydrogens is 334 g/mol. The SMILES string of the molecule is CN1C(=O)SC(=Cc2ccc(-c3ccc(C(=O)O)cc3)s2)C1=O. The zero-order valence-corrected chi connectivity index (χ0v) is 13.6. The van der Waals surface area contributed by atoms with Crippen molar-refractivity contribution in [2.24, 2.45) is 0 Å². The van der Waals surface area contributed by atoms with Crippen LogP contribution in [0.1, 0.15) is 15.2 Å². The van der Waals surface area contributed by atoms with Crippen LogP contribution in [-0.4, -0.2) is 34.2 Å². The van der Waals surface area contributed by atoms with Crippen LogP contribution in [0.15, 0.2) is 41.3 Å². The number of hydrogen-bond acceptors (Lipinski definition) is 5. The Morgan fingerprint density at radius 1 is 1.13 bits per heavy atom. The van der Waals surface area contributed by atoms with Gasteiger partial charge in [0.2, 0.25) is 0 Å². The van der Waals surface area contributed by atoms with E-state index in [-0.39, 0.29) is 16.7 Å². The van der Waals surface area contributed by atoms with Crippen molar-refractivity contribution < 1.29 is 19.5 Å². The number of aromatic carboxylic acids is 1. The number of rotatable bonds is 3. The first-order valence-corrected chi connectivity index (χ1v) is 8.24. The number of likely N-dealkylation sites (N-methyl/N-ethyl adjacent to an activating group) is 1. The zero-order valence-electron chi connectivity index (χ0n) is 12.0. The molecule has 116 valence electrons. The minimum atomic E-state index is -0.960. The van der Waals surface area contributed by atoms with E-state index in [4.69, 9.17) is 5.11 Å². The lowest BCUT2D eigenvalue weighted by molar-refractivity contribution is -0.121. The first kappa shape index (κ1) is 15.5. The predicted molar refractivity (Wildman–Crippen MR) is 90.4 cm³/mol. The van der Waals surface area contributed by atoms with Gasteiger partial charge >= 0.3 is 5.97 Å². The lowest BCUT2D eigenvalue weighted by atomic mass is 10.1. The number of benzene rings is 1. The van der Waals surface area contributed by atoms with Crippen molar-refractivity contribution >= 4 is 46.3 Å². The Morgan fingerprint density at radius 3 is 2.39 bits per heavy atom. The Bertz CT molecular complexity index is 836. The van der Waals surface area contributed by atoms with E-state index < -0.39 is 5.97 Å². The smallest absolute Gasteiger partial charge is 0.335 e. The third kappa shape index (κ3) is 3.06. The third-order valence-corrected chi connectivity index (χ3v) is 5.35. The molecule has 0 unspecified atom stereocenters. The van der Waals surface area contributed by atoms with Crippen LogP contribution in [0.2, 0.25) is 0 Å². The van der Waals surface area contributed by atoms with E-state index in [1.807, 2.05) is 12.1 Å². The summed E-state index contributed by atoms with van der Waals surface area (Å²) in [6, 6.07) is 10.4. The molecule has 0 bridgehead atoms. The quantitative estimate of drug-likeness (QED) is 0.857. The molecule has 0 spiro atoms. The van der Waals surface area contributed by atoms with Crippen molar-refractivity contribution in [1.82, 2.24) is 4.90 Å². The fourth-order valence-electron chi connectivity index (χ4n) is 2.04. The Balaban J connectivity index is 1.85. The van der Waals surface area contributed by atoms with Crippen molar-refractivity contribution in [2.75, 3.05) is 7.05 Å². The maximum absolute atomic E-state index is 11.9. The molecule has 5 nitrogen and oxygen atoms in total. The summed E-state index contributed by atoms with van der Waals surface area (Å²) < 4.78 is 0. The molecule has 1 fully saturated rings. The van der Waals surface area contributed by atoms with E-state index >= 15 is 0 Å². The highest BCUT2D eigenvalue weighted by Gasteiger charge is 2.31. The highest BCUT2D eigenvalue weighted by Crippen LogP contribution is 2.34. The van der Waals surface area contributed by atoms with Crippen LogP contribution in [0.25, 0.3) is 16.5 Å². The van der Waals surface area contributed by atoms with E-state index in [0.717, 1.165) is 32.0 Å². The molecule has 1 aliphatic rings. The molecule has 3 rings (SSSR count). The molecule has 0 saturated carbocycles. The highest BCUT2D eigenvalue weighted by atomic mass is 32.2. The predicted octanol–water partition coefficient (Wildman–Crippen LogP) is 3.78. The van der Waals surface area contributed by atoms with Crippen molar-refractivity contribution in [3.8, 4) is 10.4 Å². The van der Waals surface area contributed by atoms with Crippen molar-refractivity contribution in [2.45, 2.75) is 0 Å². The van der Waals surface area contributed by atoms with Crippen molar-refractivity contribution in [3.05, 3.63) is 51.7 Å². The lowest BCUT2D eigenvalue weighted by Gasteiger charge is -2.00. The standard InChI is InChI=1S/C16H11NO4S2/c1-17-14(18)13(23-16(17)21)8-11-6-7-12(22-11)9-2-4-10(5-3-9)15(19)20/h2-8H,1H3,(H,19,20). The van der Waals surface area contributed by atoms with Gasteiger partial charge in [0.1, 0.15) is 0 Å². The topological polar surface area (TPSA) is 74.7 Å². The van der Waals surface area contributed by atoms with Gasteiger partial charge in [0.05, 0.1) is 10.5 Å². The largest absolute Gasteiger partial charge is 0.478 e. The second kappa shape index (κ2) is 6.02. The summed E-state index contributed by atoms with van der Waals surface area (Å²) in [5.41, 5.74) is 1.14. The number of carbonyl (C=O) groups excluding carboxylic acids is 2. The number of thiophene rings is 1. The third-order valence-electron chi connectivity index (χ3n) is 3.30.